The van der Waals surface area contributed by atoms with Crippen LogP contribution in [0, 0.1) is 6.92 Å². The van der Waals surface area contributed by atoms with Crippen molar-refractivity contribution in [2.45, 2.75) is 43.1 Å². The summed E-state index contributed by atoms with van der Waals surface area (Å²) >= 11 is 1.17. The number of aryl methyl sites for hydroxylation is 1. The number of pyridine rings is 2. The average Bonchev–Trinajstić information content (AvgIpc) is 2.71. The van der Waals surface area contributed by atoms with Crippen LogP contribution in [0.1, 0.15) is 24.0 Å². The Hall–Kier alpha value is -2.78. The summed E-state index contributed by atoms with van der Waals surface area (Å²) in [5.74, 6) is 0.989. The van der Waals surface area contributed by atoms with Crippen LogP contribution in [0.25, 0.3) is 11.3 Å². The molecule has 2 aromatic heterocycles. The van der Waals surface area contributed by atoms with E-state index in [1.807, 2.05) is 12.1 Å². The number of alkyl halides is 3. The van der Waals surface area contributed by atoms with Gasteiger partial charge in [-0.15, -0.1) is 0 Å². The third-order valence-corrected chi connectivity index (χ3v) is 5.80. The highest BCUT2D eigenvalue weighted by Gasteiger charge is 2.35. The number of hydrogen-bond acceptors (Lipinski definition) is 6. The number of benzene rings is 1. The lowest BCUT2D eigenvalue weighted by molar-refractivity contribution is -0.137. The standard InChI is InChI=1S/C22H21F3N4OS/c1-13-5-2-3-6-16(13)21-17(22(23,24)25)9-10-19(28-21)29-31-20-8-4-7-18(27-20)26-14-11-15(30)12-14/h2-10,14-15,30H,11-12H2,1H3,(H,26,27)(H,28,29). The molecule has 0 bridgehead atoms. The minimum Gasteiger partial charge on any atom is -0.393 e. The third-order valence-electron chi connectivity index (χ3n) is 5.05. The van der Waals surface area contributed by atoms with Crippen LogP contribution in [0.5, 0.6) is 0 Å². The van der Waals surface area contributed by atoms with Crippen LogP contribution in [0.4, 0.5) is 24.8 Å². The highest BCUT2D eigenvalue weighted by Crippen LogP contribution is 2.38. The Morgan fingerprint density at radius 3 is 2.45 bits per heavy atom. The van der Waals surface area contributed by atoms with Crippen molar-refractivity contribution >= 4 is 23.6 Å². The van der Waals surface area contributed by atoms with Gasteiger partial charge in [0, 0.05) is 23.6 Å². The van der Waals surface area contributed by atoms with Gasteiger partial charge in [-0.2, -0.15) is 13.2 Å². The number of rotatable bonds is 6. The molecule has 0 unspecified atom stereocenters. The Balaban J connectivity index is 1.53. The van der Waals surface area contributed by atoms with Gasteiger partial charge in [-0.05, 0) is 49.6 Å². The van der Waals surface area contributed by atoms with E-state index in [9.17, 15) is 18.3 Å². The first kappa shape index (κ1) is 21.5. The van der Waals surface area contributed by atoms with Gasteiger partial charge in [-0.25, -0.2) is 9.97 Å². The van der Waals surface area contributed by atoms with Crippen LogP contribution >= 0.6 is 11.9 Å². The van der Waals surface area contributed by atoms with Gasteiger partial charge in [0.1, 0.15) is 16.7 Å². The minimum absolute atomic E-state index is 0.108. The molecular weight excluding hydrogens is 425 g/mol. The van der Waals surface area contributed by atoms with Crippen LogP contribution < -0.4 is 10.0 Å². The quantitative estimate of drug-likeness (QED) is 0.433. The zero-order chi connectivity index (χ0) is 22.0. The fraction of sp³-hybridized carbons (Fsp3) is 0.273. The Kier molecular flexibility index (Phi) is 6.06. The smallest absolute Gasteiger partial charge is 0.393 e. The third kappa shape index (κ3) is 5.11. The van der Waals surface area contributed by atoms with Crippen molar-refractivity contribution in [1.29, 1.82) is 0 Å². The molecule has 5 nitrogen and oxygen atoms in total. The van der Waals surface area contributed by atoms with Gasteiger partial charge in [0.2, 0.25) is 0 Å². The summed E-state index contributed by atoms with van der Waals surface area (Å²) in [6.07, 6.45) is -3.39. The fourth-order valence-electron chi connectivity index (χ4n) is 3.36. The highest BCUT2D eigenvalue weighted by atomic mass is 32.2. The second-order valence-electron chi connectivity index (χ2n) is 7.44. The van der Waals surface area contributed by atoms with E-state index in [2.05, 4.69) is 20.0 Å². The molecule has 3 aromatic rings. The fourth-order valence-corrected chi connectivity index (χ4v) is 3.97. The normalized spacial score (nSPS) is 18.4. The number of halogens is 3. The lowest BCUT2D eigenvalue weighted by Crippen LogP contribution is -2.39. The molecule has 1 saturated carbocycles. The summed E-state index contributed by atoms with van der Waals surface area (Å²) in [5.41, 5.74) is 0.273. The lowest BCUT2D eigenvalue weighted by Gasteiger charge is -2.32. The number of nitrogens with one attached hydrogen (secondary N) is 2. The molecule has 2 heterocycles. The number of aromatic nitrogens is 2. The molecule has 162 valence electrons. The molecular formula is C22H21F3N4OS. The van der Waals surface area contributed by atoms with Crippen molar-refractivity contribution in [3.63, 3.8) is 0 Å². The van der Waals surface area contributed by atoms with Crippen molar-refractivity contribution in [3.05, 3.63) is 65.7 Å². The zero-order valence-electron chi connectivity index (χ0n) is 16.6. The molecule has 1 aliphatic rings. The van der Waals surface area contributed by atoms with Gasteiger partial charge in [0.05, 0.1) is 17.4 Å². The monoisotopic (exact) mass is 446 g/mol. The number of aliphatic hydroxyl groups excluding tert-OH is 1. The summed E-state index contributed by atoms with van der Waals surface area (Å²) in [7, 11) is 0. The molecule has 1 aliphatic carbocycles. The van der Waals surface area contributed by atoms with Gasteiger partial charge >= 0.3 is 6.18 Å². The molecule has 9 heteroatoms. The van der Waals surface area contributed by atoms with E-state index >= 15 is 0 Å². The maximum atomic E-state index is 13.6. The van der Waals surface area contributed by atoms with Crippen LogP contribution in [-0.4, -0.2) is 27.2 Å². The van der Waals surface area contributed by atoms with Crippen molar-refractivity contribution in [2.75, 3.05) is 10.0 Å². The van der Waals surface area contributed by atoms with Gasteiger partial charge in [-0.3, -0.25) is 0 Å². The molecule has 3 N–H and O–H groups in total. The maximum absolute atomic E-state index is 13.6. The minimum atomic E-state index is -4.51. The lowest BCUT2D eigenvalue weighted by atomic mass is 9.89. The second-order valence-corrected chi connectivity index (χ2v) is 8.26. The first-order valence-corrected chi connectivity index (χ1v) is 10.6. The largest absolute Gasteiger partial charge is 0.418 e. The van der Waals surface area contributed by atoms with E-state index < -0.39 is 11.7 Å². The summed E-state index contributed by atoms with van der Waals surface area (Å²) < 4.78 is 43.7. The first-order chi connectivity index (χ1) is 14.8. The van der Waals surface area contributed by atoms with Crippen molar-refractivity contribution in [3.8, 4) is 11.3 Å². The Labute approximate surface area is 182 Å². The van der Waals surface area contributed by atoms with E-state index in [-0.39, 0.29) is 17.8 Å². The summed E-state index contributed by atoms with van der Waals surface area (Å²) in [4.78, 5) is 8.75. The maximum Gasteiger partial charge on any atom is 0.418 e. The molecule has 0 aliphatic heterocycles. The van der Waals surface area contributed by atoms with Crippen molar-refractivity contribution < 1.29 is 18.3 Å². The molecule has 0 spiro atoms. The van der Waals surface area contributed by atoms with E-state index in [0.717, 1.165) is 6.07 Å². The van der Waals surface area contributed by atoms with E-state index in [1.54, 1.807) is 37.3 Å². The molecule has 0 saturated heterocycles. The van der Waals surface area contributed by atoms with E-state index in [0.29, 0.717) is 40.6 Å². The Morgan fingerprint density at radius 1 is 0.968 bits per heavy atom. The van der Waals surface area contributed by atoms with Gasteiger partial charge in [-0.1, -0.05) is 30.3 Å². The molecule has 31 heavy (non-hydrogen) atoms. The second kappa shape index (κ2) is 8.76. The average molecular weight is 446 g/mol. The zero-order valence-corrected chi connectivity index (χ0v) is 17.5. The Morgan fingerprint density at radius 2 is 1.74 bits per heavy atom. The topological polar surface area (TPSA) is 70.1 Å². The molecule has 1 fully saturated rings. The van der Waals surface area contributed by atoms with E-state index in [1.165, 1.54) is 18.0 Å². The number of aliphatic hydroxyl groups is 1. The molecule has 0 atom stereocenters. The van der Waals surface area contributed by atoms with Gasteiger partial charge in [0.25, 0.3) is 0 Å². The van der Waals surface area contributed by atoms with Crippen molar-refractivity contribution in [1.82, 2.24) is 9.97 Å². The molecule has 1 aromatic carbocycles. The van der Waals surface area contributed by atoms with Gasteiger partial charge < -0.3 is 15.1 Å². The summed E-state index contributed by atoms with van der Waals surface area (Å²) in [6, 6.07) is 14.9. The van der Waals surface area contributed by atoms with Crippen LogP contribution in [0.2, 0.25) is 0 Å². The van der Waals surface area contributed by atoms with E-state index in [4.69, 9.17) is 0 Å². The number of nitrogens with zero attached hydrogens (tertiary/aromatic N) is 2. The number of hydrogen-bond donors (Lipinski definition) is 3. The van der Waals surface area contributed by atoms with Crippen LogP contribution in [-0.2, 0) is 6.18 Å². The van der Waals surface area contributed by atoms with Crippen LogP contribution in [0.3, 0.4) is 0 Å². The molecule has 0 amide bonds. The number of anilines is 2. The summed E-state index contributed by atoms with van der Waals surface area (Å²) in [6.45, 7) is 1.76. The Bertz CT molecular complexity index is 1070. The van der Waals surface area contributed by atoms with Crippen molar-refractivity contribution in [2.24, 2.45) is 0 Å². The van der Waals surface area contributed by atoms with Crippen LogP contribution in [0.15, 0.2) is 59.6 Å². The SMILES string of the molecule is Cc1ccccc1-c1nc(NSc2cccc(NC3CC(O)C3)n2)ccc1C(F)(F)F. The highest BCUT2D eigenvalue weighted by molar-refractivity contribution is 8.00. The van der Waals surface area contributed by atoms with Gasteiger partial charge in [0.15, 0.2) is 0 Å². The summed E-state index contributed by atoms with van der Waals surface area (Å²) in [5, 5.41) is 13.3. The predicted molar refractivity (Wildman–Crippen MR) is 116 cm³/mol. The molecule has 0 radical (unpaired) electrons. The first-order valence-electron chi connectivity index (χ1n) is 9.78. The molecule has 4 rings (SSSR count). The predicted octanol–water partition coefficient (Wildman–Crippen LogP) is 5.53.